The van der Waals surface area contributed by atoms with Gasteiger partial charge in [0.25, 0.3) is 0 Å². The minimum atomic E-state index is -0.0365. The smallest absolute Gasteiger partial charge is 0.153 e. The number of hydrogen-bond donors (Lipinski definition) is 1. The lowest BCUT2D eigenvalue weighted by molar-refractivity contribution is -0.109. The van der Waals surface area contributed by atoms with Crippen LogP contribution in [0.5, 0.6) is 0 Å². The second-order valence-corrected chi connectivity index (χ2v) is 1.45. The van der Waals surface area contributed by atoms with Gasteiger partial charge in [-0.25, -0.2) is 0 Å². The Morgan fingerprint density at radius 3 is 2.22 bits per heavy atom. The maximum atomic E-state index is 9.86. The van der Waals surface area contributed by atoms with E-state index in [1.54, 1.807) is 0 Å². The van der Waals surface area contributed by atoms with Crippen LogP contribution in [0.2, 0.25) is 0 Å². The van der Waals surface area contributed by atoms with Crippen molar-refractivity contribution in [3.8, 4) is 0 Å². The second-order valence-electron chi connectivity index (χ2n) is 1.45. The highest BCUT2D eigenvalue weighted by atomic mass is 16.2. The van der Waals surface area contributed by atoms with Gasteiger partial charge in [-0.2, -0.15) is 0 Å². The number of aldehydes is 2. The molecule has 0 fully saturated rings. The minimum absolute atomic E-state index is 0.0365. The first-order chi connectivity index (χ1) is 4.35. The zero-order valence-electron chi connectivity index (χ0n) is 4.91. The molecular weight excluding hydrogens is 120 g/mol. The van der Waals surface area contributed by atoms with Crippen molar-refractivity contribution in [2.24, 2.45) is 0 Å². The van der Waals surface area contributed by atoms with Crippen LogP contribution in [0.4, 0.5) is 0 Å². The second kappa shape index (κ2) is 5.18. The van der Waals surface area contributed by atoms with Gasteiger partial charge in [0.1, 0.15) is 0 Å². The molecule has 3 nitrogen and oxygen atoms in total. The van der Waals surface area contributed by atoms with Gasteiger partial charge in [-0.1, -0.05) is 6.08 Å². The van der Waals surface area contributed by atoms with Gasteiger partial charge in [0.2, 0.25) is 0 Å². The van der Waals surface area contributed by atoms with E-state index >= 15 is 0 Å². The molecule has 0 aliphatic rings. The van der Waals surface area contributed by atoms with Crippen LogP contribution >= 0.6 is 0 Å². The van der Waals surface area contributed by atoms with E-state index in [0.29, 0.717) is 19.0 Å². The summed E-state index contributed by atoms with van der Waals surface area (Å²) in [5.41, 5.74) is 0.0871. The van der Waals surface area contributed by atoms with Gasteiger partial charge in [-0.3, -0.25) is 9.59 Å². The quantitative estimate of drug-likeness (QED) is 0.244. The van der Waals surface area contributed by atoms with Crippen molar-refractivity contribution in [1.82, 2.24) is 0 Å². The van der Waals surface area contributed by atoms with E-state index < -0.39 is 0 Å². The number of allylic oxidation sites excluding steroid dienone is 1. The zero-order valence-corrected chi connectivity index (χ0v) is 4.91. The van der Waals surface area contributed by atoms with Gasteiger partial charge in [-0.15, -0.1) is 0 Å². The van der Waals surface area contributed by atoms with Crippen molar-refractivity contribution >= 4 is 12.6 Å². The van der Waals surface area contributed by atoms with Crippen LogP contribution in [0, 0.1) is 0 Å². The van der Waals surface area contributed by atoms with Gasteiger partial charge in [-0.05, 0) is 6.42 Å². The predicted molar refractivity (Wildman–Crippen MR) is 31.9 cm³/mol. The van der Waals surface area contributed by atoms with Crippen LogP contribution in [0.3, 0.4) is 0 Å². The Morgan fingerprint density at radius 2 is 1.89 bits per heavy atom. The minimum Gasteiger partial charge on any atom is -0.396 e. The molecule has 0 aliphatic heterocycles. The first kappa shape index (κ1) is 8.04. The molecule has 9 heavy (non-hydrogen) atoms. The Balaban J connectivity index is 3.75. The molecule has 0 radical (unpaired) electrons. The summed E-state index contributed by atoms with van der Waals surface area (Å²) in [6.45, 7) is -0.0365. The van der Waals surface area contributed by atoms with E-state index in [9.17, 15) is 9.59 Å². The molecule has 0 amide bonds. The summed E-state index contributed by atoms with van der Waals surface area (Å²) in [6.07, 6.45) is 2.66. The molecule has 1 N–H and O–H groups in total. The molecule has 0 heterocycles. The standard InChI is InChI=1S/C6H8O3/c7-3-1-2-6(4-8)5-9/h2,4-5,7H,1,3H2. The van der Waals surface area contributed by atoms with E-state index in [1.165, 1.54) is 6.08 Å². The highest BCUT2D eigenvalue weighted by molar-refractivity contribution is 5.99. The van der Waals surface area contributed by atoms with Crippen LogP contribution in [0.25, 0.3) is 0 Å². The highest BCUT2D eigenvalue weighted by Crippen LogP contribution is 1.86. The third-order valence-electron chi connectivity index (χ3n) is 0.781. The van der Waals surface area contributed by atoms with Crippen LogP contribution in [0.15, 0.2) is 11.6 Å². The van der Waals surface area contributed by atoms with E-state index in [0.717, 1.165) is 0 Å². The van der Waals surface area contributed by atoms with Crippen molar-refractivity contribution in [2.75, 3.05) is 6.61 Å². The summed E-state index contributed by atoms with van der Waals surface area (Å²) in [7, 11) is 0. The first-order valence-corrected chi connectivity index (χ1v) is 2.56. The lowest BCUT2D eigenvalue weighted by atomic mass is 10.2. The maximum absolute atomic E-state index is 9.86. The molecule has 0 spiro atoms. The van der Waals surface area contributed by atoms with Crippen LogP contribution < -0.4 is 0 Å². The third kappa shape index (κ3) is 3.61. The molecule has 50 valence electrons. The van der Waals surface area contributed by atoms with Crippen molar-refractivity contribution in [2.45, 2.75) is 6.42 Å². The fourth-order valence-corrected chi connectivity index (χ4v) is 0.355. The van der Waals surface area contributed by atoms with Gasteiger partial charge >= 0.3 is 0 Å². The Hall–Kier alpha value is -0.960. The van der Waals surface area contributed by atoms with E-state index in [-0.39, 0.29) is 12.2 Å². The Bertz CT molecular complexity index is 116. The normalized spacial score (nSPS) is 8.11. The molecule has 3 heteroatoms. The number of rotatable bonds is 4. The van der Waals surface area contributed by atoms with Crippen LogP contribution in [-0.2, 0) is 9.59 Å². The molecule has 0 aromatic heterocycles. The Labute approximate surface area is 53.0 Å². The Morgan fingerprint density at radius 1 is 1.33 bits per heavy atom. The van der Waals surface area contributed by atoms with E-state index in [2.05, 4.69) is 0 Å². The fraction of sp³-hybridized carbons (Fsp3) is 0.333. The average molecular weight is 128 g/mol. The lowest BCUT2D eigenvalue weighted by Gasteiger charge is -1.83. The molecule has 0 saturated heterocycles. The number of aliphatic hydroxyl groups excluding tert-OH is 1. The van der Waals surface area contributed by atoms with Crippen LogP contribution in [-0.4, -0.2) is 24.3 Å². The number of hydrogen-bond acceptors (Lipinski definition) is 3. The summed E-state index contributed by atoms with van der Waals surface area (Å²) in [5, 5.41) is 8.23. The molecule has 0 bridgehead atoms. The summed E-state index contributed by atoms with van der Waals surface area (Å²) >= 11 is 0. The summed E-state index contributed by atoms with van der Waals surface area (Å²) in [6, 6.07) is 0. The molecule has 0 atom stereocenters. The maximum Gasteiger partial charge on any atom is 0.153 e. The summed E-state index contributed by atoms with van der Waals surface area (Å²) in [5.74, 6) is 0. The van der Waals surface area contributed by atoms with Gasteiger partial charge in [0.15, 0.2) is 12.6 Å². The molecule has 0 rings (SSSR count). The lowest BCUT2D eigenvalue weighted by Crippen LogP contribution is -1.86. The number of carbonyl (C=O) groups is 2. The third-order valence-corrected chi connectivity index (χ3v) is 0.781. The summed E-state index contributed by atoms with van der Waals surface area (Å²) < 4.78 is 0. The first-order valence-electron chi connectivity index (χ1n) is 2.56. The molecule has 0 aromatic carbocycles. The zero-order chi connectivity index (χ0) is 7.11. The molecule has 0 saturated carbocycles. The van der Waals surface area contributed by atoms with Crippen molar-refractivity contribution in [3.05, 3.63) is 11.6 Å². The van der Waals surface area contributed by atoms with Crippen molar-refractivity contribution in [3.63, 3.8) is 0 Å². The topological polar surface area (TPSA) is 54.4 Å². The fourth-order valence-electron chi connectivity index (χ4n) is 0.355. The van der Waals surface area contributed by atoms with Gasteiger partial charge < -0.3 is 5.11 Å². The van der Waals surface area contributed by atoms with Crippen molar-refractivity contribution < 1.29 is 14.7 Å². The van der Waals surface area contributed by atoms with E-state index in [1.807, 2.05) is 0 Å². The molecule has 0 aromatic rings. The van der Waals surface area contributed by atoms with Crippen LogP contribution in [0.1, 0.15) is 6.42 Å². The highest BCUT2D eigenvalue weighted by Gasteiger charge is 1.87. The molecule has 0 aliphatic carbocycles. The van der Waals surface area contributed by atoms with Gasteiger partial charge in [0, 0.05) is 6.61 Å². The monoisotopic (exact) mass is 128 g/mol. The number of aliphatic hydroxyl groups is 1. The Kier molecular flexibility index (Phi) is 4.63. The molecular formula is C6H8O3. The largest absolute Gasteiger partial charge is 0.396 e. The summed E-state index contributed by atoms with van der Waals surface area (Å²) in [4.78, 5) is 19.7. The van der Waals surface area contributed by atoms with Crippen molar-refractivity contribution in [1.29, 1.82) is 0 Å². The predicted octanol–water partition coefficient (Wildman–Crippen LogP) is -0.307. The van der Waals surface area contributed by atoms with E-state index in [4.69, 9.17) is 5.11 Å². The molecule has 0 unspecified atom stereocenters. The average Bonchev–Trinajstić information content (AvgIpc) is 1.91. The number of carbonyl (C=O) groups excluding carboxylic acids is 2. The van der Waals surface area contributed by atoms with Gasteiger partial charge in [0.05, 0.1) is 5.57 Å². The SMILES string of the molecule is O=CC(C=O)=CCCO.